The van der Waals surface area contributed by atoms with E-state index in [4.69, 9.17) is 11.6 Å². The molecule has 0 heterocycles. The van der Waals surface area contributed by atoms with Crippen molar-refractivity contribution in [3.63, 3.8) is 0 Å². The van der Waals surface area contributed by atoms with Crippen LogP contribution in [-0.2, 0) is 24.1 Å². The third-order valence-corrected chi connectivity index (χ3v) is 4.16. The number of rotatable bonds is 3. The van der Waals surface area contributed by atoms with E-state index >= 15 is 0 Å². The van der Waals surface area contributed by atoms with E-state index in [2.05, 4.69) is 12.1 Å². The first-order valence-electron chi connectivity index (χ1n) is 6.67. The second-order valence-electron chi connectivity index (χ2n) is 5.27. The fourth-order valence-electron chi connectivity index (χ4n) is 2.78. The zero-order valence-electron chi connectivity index (χ0n) is 10.9. The van der Waals surface area contributed by atoms with Crippen molar-refractivity contribution in [2.75, 3.05) is 0 Å². The highest BCUT2D eigenvalue weighted by Crippen LogP contribution is 2.28. The summed E-state index contributed by atoms with van der Waals surface area (Å²) in [5, 5.41) is 0.0741. The number of hydrogen-bond acceptors (Lipinski definition) is 1. The number of Topliss-reactive ketones (excluding diaryl/α,β-unsaturated/α-hetero) is 1. The van der Waals surface area contributed by atoms with Crippen LogP contribution in [0.4, 0.5) is 4.39 Å². The quantitative estimate of drug-likeness (QED) is 0.834. The van der Waals surface area contributed by atoms with E-state index in [9.17, 15) is 9.18 Å². The van der Waals surface area contributed by atoms with Gasteiger partial charge in [-0.2, -0.15) is 0 Å². The van der Waals surface area contributed by atoms with Crippen LogP contribution in [0.25, 0.3) is 0 Å². The van der Waals surface area contributed by atoms with Crippen LogP contribution in [-0.4, -0.2) is 5.78 Å². The zero-order valence-corrected chi connectivity index (χ0v) is 11.7. The third kappa shape index (κ3) is 2.61. The van der Waals surface area contributed by atoms with Crippen LogP contribution in [0, 0.1) is 11.7 Å². The molecule has 0 saturated carbocycles. The maximum absolute atomic E-state index is 13.1. The van der Waals surface area contributed by atoms with E-state index in [1.165, 1.54) is 23.3 Å². The molecule has 0 atom stereocenters. The number of benzene rings is 2. The topological polar surface area (TPSA) is 17.1 Å². The predicted molar refractivity (Wildman–Crippen MR) is 77.5 cm³/mol. The van der Waals surface area contributed by atoms with Crippen molar-refractivity contribution in [2.45, 2.75) is 19.3 Å². The average molecular weight is 289 g/mol. The molecule has 0 aromatic heterocycles. The highest BCUT2D eigenvalue weighted by Gasteiger charge is 2.26. The van der Waals surface area contributed by atoms with Crippen molar-refractivity contribution in [3.8, 4) is 0 Å². The average Bonchev–Trinajstić information content (AvgIpc) is 2.87. The smallest absolute Gasteiger partial charge is 0.141 e. The lowest BCUT2D eigenvalue weighted by Gasteiger charge is -2.08. The van der Waals surface area contributed by atoms with Crippen LogP contribution in [0.2, 0.25) is 5.02 Å². The van der Waals surface area contributed by atoms with E-state index < -0.39 is 5.82 Å². The van der Waals surface area contributed by atoms with Gasteiger partial charge in [-0.25, -0.2) is 4.39 Å². The molecule has 0 amide bonds. The van der Waals surface area contributed by atoms with Crippen LogP contribution in [0.1, 0.15) is 16.7 Å². The molecule has 0 saturated heterocycles. The van der Waals surface area contributed by atoms with E-state index in [1.807, 2.05) is 12.1 Å². The van der Waals surface area contributed by atoms with E-state index in [0.717, 1.165) is 18.4 Å². The van der Waals surface area contributed by atoms with Gasteiger partial charge in [0.1, 0.15) is 11.6 Å². The molecule has 2 aromatic rings. The van der Waals surface area contributed by atoms with E-state index in [-0.39, 0.29) is 16.7 Å². The van der Waals surface area contributed by atoms with Gasteiger partial charge in [0.25, 0.3) is 0 Å². The Labute approximate surface area is 122 Å². The summed E-state index contributed by atoms with van der Waals surface area (Å²) in [7, 11) is 0. The third-order valence-electron chi connectivity index (χ3n) is 3.87. The Morgan fingerprint density at radius 1 is 1.15 bits per heavy atom. The summed E-state index contributed by atoms with van der Waals surface area (Å²) in [5.41, 5.74) is 3.31. The van der Waals surface area contributed by atoms with Gasteiger partial charge in [0.05, 0.1) is 5.02 Å². The van der Waals surface area contributed by atoms with Crippen molar-refractivity contribution < 1.29 is 9.18 Å². The maximum Gasteiger partial charge on any atom is 0.141 e. The Kier molecular flexibility index (Phi) is 3.58. The molecule has 1 aliphatic rings. The molecular formula is C17H14ClFO. The lowest BCUT2D eigenvalue weighted by Crippen LogP contribution is -2.17. The van der Waals surface area contributed by atoms with Crippen LogP contribution in [0.3, 0.4) is 0 Å². The molecule has 0 N–H and O–H groups in total. The molecule has 0 fully saturated rings. The number of fused-ring (bicyclic) bond motifs is 1. The molecule has 0 aliphatic heterocycles. The first kappa shape index (κ1) is 13.3. The second-order valence-corrected chi connectivity index (χ2v) is 5.67. The molecule has 0 radical (unpaired) electrons. The van der Waals surface area contributed by atoms with Gasteiger partial charge in [-0.3, -0.25) is 4.79 Å². The largest absolute Gasteiger partial charge is 0.299 e. The molecule has 1 aliphatic carbocycles. The van der Waals surface area contributed by atoms with Crippen molar-refractivity contribution in [2.24, 2.45) is 5.92 Å². The van der Waals surface area contributed by atoms with Crippen molar-refractivity contribution >= 4 is 17.4 Å². The van der Waals surface area contributed by atoms with Crippen molar-refractivity contribution in [1.82, 2.24) is 0 Å². The summed E-state index contributed by atoms with van der Waals surface area (Å²) in [6.07, 6.45) is 1.94. The standard InChI is InChI=1S/C17H14ClFO/c18-15-7-11(5-6-16(15)19)8-17(20)14-9-12-3-1-2-4-13(12)10-14/h1-7,14H,8-10H2. The van der Waals surface area contributed by atoms with Gasteiger partial charge in [0, 0.05) is 12.3 Å². The molecule has 0 bridgehead atoms. The van der Waals surface area contributed by atoms with Gasteiger partial charge >= 0.3 is 0 Å². The van der Waals surface area contributed by atoms with Gasteiger partial charge in [-0.1, -0.05) is 41.9 Å². The summed E-state index contributed by atoms with van der Waals surface area (Å²) in [4.78, 5) is 12.3. The van der Waals surface area contributed by atoms with Gasteiger partial charge in [0.15, 0.2) is 0 Å². The molecular weight excluding hydrogens is 275 g/mol. The summed E-state index contributed by atoms with van der Waals surface area (Å²) in [5.74, 6) is -0.212. The highest BCUT2D eigenvalue weighted by atomic mass is 35.5. The molecule has 2 aromatic carbocycles. The summed E-state index contributed by atoms with van der Waals surface area (Å²) >= 11 is 5.74. The fourth-order valence-corrected chi connectivity index (χ4v) is 2.98. The van der Waals surface area contributed by atoms with Crippen LogP contribution >= 0.6 is 11.6 Å². The predicted octanol–water partition coefficient (Wildman–Crippen LogP) is 4.01. The minimum Gasteiger partial charge on any atom is -0.299 e. The maximum atomic E-state index is 13.1. The Morgan fingerprint density at radius 2 is 1.80 bits per heavy atom. The molecule has 102 valence electrons. The van der Waals surface area contributed by atoms with E-state index in [1.54, 1.807) is 6.07 Å². The number of carbonyl (C=O) groups excluding carboxylic acids is 1. The normalized spacial score (nSPS) is 14.3. The Morgan fingerprint density at radius 3 is 2.40 bits per heavy atom. The van der Waals surface area contributed by atoms with Crippen molar-refractivity contribution in [3.05, 3.63) is 70.0 Å². The number of carbonyl (C=O) groups is 1. The minimum atomic E-state index is -0.448. The zero-order chi connectivity index (χ0) is 14.1. The van der Waals surface area contributed by atoms with E-state index in [0.29, 0.717) is 6.42 Å². The fraction of sp³-hybridized carbons (Fsp3) is 0.235. The molecule has 3 rings (SSSR count). The van der Waals surface area contributed by atoms with Gasteiger partial charge in [-0.05, 0) is 41.7 Å². The van der Waals surface area contributed by atoms with Gasteiger partial charge < -0.3 is 0 Å². The number of halogens is 2. The first-order chi connectivity index (χ1) is 9.63. The SMILES string of the molecule is O=C(Cc1ccc(F)c(Cl)c1)C1Cc2ccccc2C1. The van der Waals surface area contributed by atoms with Gasteiger partial charge in [-0.15, -0.1) is 0 Å². The Hall–Kier alpha value is -1.67. The second kappa shape index (κ2) is 5.37. The van der Waals surface area contributed by atoms with Crippen LogP contribution in [0.5, 0.6) is 0 Å². The van der Waals surface area contributed by atoms with Gasteiger partial charge in [0.2, 0.25) is 0 Å². The molecule has 20 heavy (non-hydrogen) atoms. The first-order valence-corrected chi connectivity index (χ1v) is 7.04. The number of ketones is 1. The summed E-state index contributed by atoms with van der Waals surface area (Å²) in [6.45, 7) is 0. The minimum absolute atomic E-state index is 0.0382. The summed E-state index contributed by atoms with van der Waals surface area (Å²) in [6, 6.07) is 12.7. The highest BCUT2D eigenvalue weighted by molar-refractivity contribution is 6.30. The number of hydrogen-bond donors (Lipinski definition) is 0. The van der Waals surface area contributed by atoms with Crippen molar-refractivity contribution in [1.29, 1.82) is 0 Å². The van der Waals surface area contributed by atoms with Crippen LogP contribution in [0.15, 0.2) is 42.5 Å². The summed E-state index contributed by atoms with van der Waals surface area (Å²) < 4.78 is 13.1. The molecule has 0 unspecified atom stereocenters. The molecule has 0 spiro atoms. The lowest BCUT2D eigenvalue weighted by atomic mass is 9.95. The molecule has 3 heteroatoms. The van der Waals surface area contributed by atoms with Crippen LogP contribution < -0.4 is 0 Å². The molecule has 1 nitrogen and oxygen atoms in total. The Balaban J connectivity index is 1.71. The monoisotopic (exact) mass is 288 g/mol. The lowest BCUT2D eigenvalue weighted by molar-refractivity contribution is -0.121. The Bertz CT molecular complexity index is 641.